The Bertz CT molecular complexity index is 1060. The first-order valence-corrected chi connectivity index (χ1v) is 12.0. The van der Waals surface area contributed by atoms with Crippen LogP contribution in [0, 0.1) is 13.8 Å². The van der Waals surface area contributed by atoms with E-state index < -0.39 is 16.5 Å². The third kappa shape index (κ3) is 4.64. The van der Waals surface area contributed by atoms with Crippen LogP contribution in [-0.2, 0) is 16.0 Å². The van der Waals surface area contributed by atoms with Crippen molar-refractivity contribution in [2.75, 3.05) is 6.61 Å². The van der Waals surface area contributed by atoms with Gasteiger partial charge in [0, 0.05) is 0 Å². The van der Waals surface area contributed by atoms with Gasteiger partial charge < -0.3 is 9.47 Å². The van der Waals surface area contributed by atoms with E-state index in [1.807, 2.05) is 20.8 Å². The van der Waals surface area contributed by atoms with E-state index in [4.69, 9.17) is 9.47 Å². The third-order valence-electron chi connectivity index (χ3n) is 5.30. The number of benzene rings is 3. The summed E-state index contributed by atoms with van der Waals surface area (Å²) in [6, 6.07) is 22.0. The van der Waals surface area contributed by atoms with E-state index in [1.165, 1.54) is 25.8 Å². The highest BCUT2D eigenvalue weighted by molar-refractivity contribution is 8.17. The highest BCUT2D eigenvalue weighted by Crippen LogP contribution is 2.57. The SMILES string of the molecule is Cc1cc([SH]2c3ccccc3Cc3ccccc32)cc(C)c1OCC(=O)OC(C)(C)C. The van der Waals surface area contributed by atoms with Crippen LogP contribution in [0.4, 0.5) is 0 Å². The van der Waals surface area contributed by atoms with E-state index in [-0.39, 0.29) is 12.6 Å². The Morgan fingerprint density at radius 3 is 1.94 bits per heavy atom. The average Bonchev–Trinajstić information content (AvgIpc) is 2.70. The van der Waals surface area contributed by atoms with E-state index in [0.717, 1.165) is 23.3 Å². The van der Waals surface area contributed by atoms with Crippen LogP contribution in [0.2, 0.25) is 0 Å². The van der Waals surface area contributed by atoms with Gasteiger partial charge in [0.05, 0.1) is 0 Å². The molecule has 0 atom stereocenters. The summed E-state index contributed by atoms with van der Waals surface area (Å²) in [5, 5.41) is 0. The minimum absolute atomic E-state index is 0.0846. The molecule has 3 aromatic rings. The summed E-state index contributed by atoms with van der Waals surface area (Å²) in [6.45, 7) is 9.60. The fourth-order valence-corrected chi connectivity index (χ4v) is 6.97. The minimum Gasteiger partial charge on any atom is -0.481 e. The zero-order valence-electron chi connectivity index (χ0n) is 18.9. The zero-order chi connectivity index (χ0) is 22.2. The van der Waals surface area contributed by atoms with Gasteiger partial charge in [0.15, 0.2) is 6.61 Å². The fraction of sp³-hybridized carbons (Fsp3) is 0.296. The molecule has 0 saturated heterocycles. The monoisotopic (exact) mass is 434 g/mol. The van der Waals surface area contributed by atoms with Crippen LogP contribution in [0.15, 0.2) is 75.4 Å². The van der Waals surface area contributed by atoms with Gasteiger partial charge >= 0.3 is 5.97 Å². The molecule has 0 unspecified atom stereocenters. The van der Waals surface area contributed by atoms with Crippen molar-refractivity contribution in [3.63, 3.8) is 0 Å². The molecule has 162 valence electrons. The van der Waals surface area contributed by atoms with Gasteiger partial charge in [0.1, 0.15) is 11.4 Å². The second-order valence-corrected chi connectivity index (χ2v) is 11.2. The van der Waals surface area contributed by atoms with Crippen LogP contribution in [-0.4, -0.2) is 18.2 Å². The molecule has 0 N–H and O–H groups in total. The summed E-state index contributed by atoms with van der Waals surface area (Å²) in [5.74, 6) is 0.415. The molecule has 0 aliphatic carbocycles. The Kier molecular flexibility index (Phi) is 5.85. The van der Waals surface area contributed by atoms with E-state index in [1.54, 1.807) is 0 Å². The highest BCUT2D eigenvalue weighted by atomic mass is 32.2. The van der Waals surface area contributed by atoms with Gasteiger partial charge in [-0.25, -0.2) is 4.79 Å². The van der Waals surface area contributed by atoms with E-state index in [9.17, 15) is 4.79 Å². The number of fused-ring (bicyclic) bond motifs is 2. The summed E-state index contributed by atoms with van der Waals surface area (Å²) < 4.78 is 11.3. The number of carbonyl (C=O) groups is 1. The maximum atomic E-state index is 12.1. The van der Waals surface area contributed by atoms with Crippen molar-refractivity contribution in [1.82, 2.24) is 0 Å². The molecule has 0 aromatic heterocycles. The van der Waals surface area contributed by atoms with Crippen LogP contribution in [0.25, 0.3) is 0 Å². The molecule has 1 aliphatic rings. The van der Waals surface area contributed by atoms with E-state index in [2.05, 4.69) is 74.5 Å². The Hall–Kier alpha value is -2.72. The number of esters is 1. The molecular formula is C27H30O3S. The number of aryl methyl sites for hydroxylation is 2. The van der Waals surface area contributed by atoms with Crippen LogP contribution in [0.5, 0.6) is 5.75 Å². The lowest BCUT2D eigenvalue weighted by atomic mass is 10.0. The highest BCUT2D eigenvalue weighted by Gasteiger charge is 2.25. The molecule has 31 heavy (non-hydrogen) atoms. The molecule has 0 spiro atoms. The van der Waals surface area contributed by atoms with Crippen LogP contribution in [0.3, 0.4) is 0 Å². The molecule has 4 rings (SSSR count). The molecule has 1 heterocycles. The predicted octanol–water partition coefficient (Wildman–Crippen LogP) is 6.41. The van der Waals surface area contributed by atoms with Gasteiger partial charge in [-0.2, -0.15) is 10.9 Å². The molecule has 0 bridgehead atoms. The summed E-state index contributed by atoms with van der Waals surface area (Å²) in [6.07, 6.45) is 0.986. The maximum absolute atomic E-state index is 12.1. The molecular weight excluding hydrogens is 404 g/mol. The van der Waals surface area contributed by atoms with Crippen molar-refractivity contribution in [3.8, 4) is 5.75 Å². The first-order valence-electron chi connectivity index (χ1n) is 10.6. The van der Waals surface area contributed by atoms with Gasteiger partial charge in [0.25, 0.3) is 0 Å². The fourth-order valence-electron chi connectivity index (χ4n) is 4.16. The lowest BCUT2D eigenvalue weighted by Crippen LogP contribution is -2.27. The predicted molar refractivity (Wildman–Crippen MR) is 127 cm³/mol. The number of rotatable bonds is 4. The number of ether oxygens (including phenoxy) is 2. The summed E-state index contributed by atoms with van der Waals surface area (Å²) >= 11 is 0. The molecule has 3 nitrogen and oxygen atoms in total. The Labute approximate surface area is 187 Å². The largest absolute Gasteiger partial charge is 0.481 e. The van der Waals surface area contributed by atoms with Crippen molar-refractivity contribution in [3.05, 3.63) is 82.9 Å². The van der Waals surface area contributed by atoms with Gasteiger partial charge in [0.2, 0.25) is 0 Å². The molecule has 0 amide bonds. The van der Waals surface area contributed by atoms with Crippen molar-refractivity contribution >= 4 is 16.9 Å². The lowest BCUT2D eigenvalue weighted by molar-refractivity contribution is -0.157. The van der Waals surface area contributed by atoms with E-state index in [0.29, 0.717) is 0 Å². The zero-order valence-corrected chi connectivity index (χ0v) is 19.8. The van der Waals surface area contributed by atoms with Crippen LogP contribution >= 0.6 is 10.9 Å². The summed E-state index contributed by atoms with van der Waals surface area (Å²) in [5.41, 5.74) is 4.39. The van der Waals surface area contributed by atoms with Gasteiger partial charge in [-0.15, -0.1) is 0 Å². The average molecular weight is 435 g/mol. The first-order chi connectivity index (χ1) is 14.7. The molecule has 3 aromatic carbocycles. The topological polar surface area (TPSA) is 35.5 Å². The Balaban J connectivity index is 1.67. The number of carbonyl (C=O) groups excluding carboxylic acids is 1. The van der Waals surface area contributed by atoms with Gasteiger partial charge in [-0.05, 0) is 102 Å². The van der Waals surface area contributed by atoms with Gasteiger partial charge in [-0.1, -0.05) is 36.4 Å². The van der Waals surface area contributed by atoms with Gasteiger partial charge in [-0.3, -0.25) is 0 Å². The molecule has 4 heteroatoms. The standard InChI is InChI=1S/C27H30O3S/c1-18-14-22(15-19(2)26(18)29-17-25(28)30-27(3,4)5)31-23-12-8-6-10-20(23)16-21-11-7-9-13-24(21)31/h6-15,31H,16-17H2,1-5H3. The Morgan fingerprint density at radius 2 is 1.42 bits per heavy atom. The molecule has 1 aliphatic heterocycles. The third-order valence-corrected chi connectivity index (χ3v) is 7.91. The number of thiol groups is 1. The summed E-state index contributed by atoms with van der Waals surface area (Å²) in [4.78, 5) is 16.3. The first kappa shape index (κ1) is 21.5. The summed E-state index contributed by atoms with van der Waals surface area (Å²) in [7, 11) is -0.631. The molecule has 0 fully saturated rings. The minimum atomic E-state index is -0.631. The van der Waals surface area contributed by atoms with Crippen molar-refractivity contribution in [2.24, 2.45) is 0 Å². The maximum Gasteiger partial charge on any atom is 0.344 e. The number of hydrogen-bond acceptors (Lipinski definition) is 3. The van der Waals surface area contributed by atoms with Crippen LogP contribution < -0.4 is 4.74 Å². The van der Waals surface area contributed by atoms with Crippen molar-refractivity contribution in [2.45, 2.75) is 61.3 Å². The number of hydrogen-bond donors (Lipinski definition) is 1. The second-order valence-electron chi connectivity index (χ2n) is 9.05. The van der Waals surface area contributed by atoms with Crippen LogP contribution in [0.1, 0.15) is 43.0 Å². The van der Waals surface area contributed by atoms with Crippen molar-refractivity contribution in [1.29, 1.82) is 0 Å². The molecule has 0 radical (unpaired) electrons. The molecule has 0 saturated carbocycles. The normalized spacial score (nSPS) is 13.9. The smallest absolute Gasteiger partial charge is 0.344 e. The quantitative estimate of drug-likeness (QED) is 0.298. The Morgan fingerprint density at radius 1 is 0.903 bits per heavy atom. The van der Waals surface area contributed by atoms with Crippen molar-refractivity contribution < 1.29 is 14.3 Å². The lowest BCUT2D eigenvalue weighted by Gasteiger charge is -2.32. The second kappa shape index (κ2) is 8.43. The van der Waals surface area contributed by atoms with E-state index >= 15 is 0 Å².